The number of hydrogen-bond donors (Lipinski definition) is 2. The van der Waals surface area contributed by atoms with Gasteiger partial charge in [-0.05, 0) is 50.3 Å². The van der Waals surface area contributed by atoms with Crippen LogP contribution >= 0.6 is 35.6 Å². The predicted molar refractivity (Wildman–Crippen MR) is 115 cm³/mol. The summed E-state index contributed by atoms with van der Waals surface area (Å²) in [6.07, 6.45) is 2.61. The van der Waals surface area contributed by atoms with E-state index in [9.17, 15) is 0 Å². The SMILES string of the molecule is CN=C(NCCc1ccc(Cl)cc1)NCC(c1ccco1)N(C)C.I. The van der Waals surface area contributed by atoms with E-state index >= 15 is 0 Å². The lowest BCUT2D eigenvalue weighted by Crippen LogP contribution is -2.42. The minimum Gasteiger partial charge on any atom is -0.468 e. The van der Waals surface area contributed by atoms with Gasteiger partial charge in [0.1, 0.15) is 5.76 Å². The number of nitrogens with one attached hydrogen (secondary N) is 2. The Labute approximate surface area is 171 Å². The highest BCUT2D eigenvalue weighted by molar-refractivity contribution is 14.0. The Balaban J connectivity index is 0.00000312. The Morgan fingerprint density at radius 3 is 2.48 bits per heavy atom. The maximum atomic E-state index is 5.90. The lowest BCUT2D eigenvalue weighted by Gasteiger charge is -2.23. The summed E-state index contributed by atoms with van der Waals surface area (Å²) in [6, 6.07) is 12.0. The fraction of sp³-hybridized carbons (Fsp3) is 0.389. The van der Waals surface area contributed by atoms with Crippen LogP contribution in [0.2, 0.25) is 5.02 Å². The Morgan fingerprint density at radius 1 is 1.20 bits per heavy atom. The lowest BCUT2D eigenvalue weighted by molar-refractivity contribution is 0.258. The van der Waals surface area contributed by atoms with Gasteiger partial charge in [0.15, 0.2) is 5.96 Å². The van der Waals surface area contributed by atoms with Gasteiger partial charge in [-0.1, -0.05) is 23.7 Å². The van der Waals surface area contributed by atoms with Gasteiger partial charge in [0.05, 0.1) is 12.3 Å². The zero-order chi connectivity index (χ0) is 17.4. The van der Waals surface area contributed by atoms with Gasteiger partial charge >= 0.3 is 0 Å². The minimum absolute atomic E-state index is 0. The van der Waals surface area contributed by atoms with Crippen molar-refractivity contribution in [3.63, 3.8) is 0 Å². The molecule has 0 spiro atoms. The highest BCUT2D eigenvalue weighted by atomic mass is 127. The van der Waals surface area contributed by atoms with Crippen LogP contribution in [0.3, 0.4) is 0 Å². The molecule has 0 aliphatic heterocycles. The first-order valence-corrected chi connectivity index (χ1v) is 8.36. The van der Waals surface area contributed by atoms with Crippen LogP contribution in [-0.4, -0.2) is 45.1 Å². The number of aliphatic imine (C=N–C) groups is 1. The number of rotatable bonds is 7. The van der Waals surface area contributed by atoms with Crippen molar-refractivity contribution < 1.29 is 4.42 Å². The maximum Gasteiger partial charge on any atom is 0.191 e. The highest BCUT2D eigenvalue weighted by Gasteiger charge is 2.17. The van der Waals surface area contributed by atoms with Crippen LogP contribution in [0.15, 0.2) is 52.1 Å². The summed E-state index contributed by atoms with van der Waals surface area (Å²) in [5.74, 6) is 1.71. The second-order valence-electron chi connectivity index (χ2n) is 5.75. The van der Waals surface area contributed by atoms with Crippen LogP contribution in [0.4, 0.5) is 0 Å². The van der Waals surface area contributed by atoms with Crippen molar-refractivity contribution in [3.8, 4) is 0 Å². The predicted octanol–water partition coefficient (Wildman–Crippen LogP) is 3.56. The van der Waals surface area contributed by atoms with Crippen molar-refractivity contribution in [2.45, 2.75) is 12.5 Å². The molecule has 0 aliphatic rings. The van der Waals surface area contributed by atoms with Crippen molar-refractivity contribution >= 4 is 41.5 Å². The van der Waals surface area contributed by atoms with E-state index in [1.807, 2.05) is 50.5 Å². The third-order valence-electron chi connectivity index (χ3n) is 3.80. The van der Waals surface area contributed by atoms with Gasteiger partial charge in [-0.15, -0.1) is 24.0 Å². The number of nitrogens with zero attached hydrogens (tertiary/aromatic N) is 2. The summed E-state index contributed by atoms with van der Waals surface area (Å²) < 4.78 is 5.52. The van der Waals surface area contributed by atoms with Crippen LogP contribution in [0.25, 0.3) is 0 Å². The summed E-state index contributed by atoms with van der Waals surface area (Å²) in [5.41, 5.74) is 1.24. The van der Waals surface area contributed by atoms with Crippen molar-refractivity contribution in [2.75, 3.05) is 34.2 Å². The number of likely N-dealkylation sites (N-methyl/N-ethyl adjacent to an activating group) is 1. The van der Waals surface area contributed by atoms with Crippen molar-refractivity contribution in [2.24, 2.45) is 4.99 Å². The molecule has 2 rings (SSSR count). The van der Waals surface area contributed by atoms with E-state index in [1.54, 1.807) is 13.3 Å². The molecule has 25 heavy (non-hydrogen) atoms. The Kier molecular flexibility index (Phi) is 9.92. The molecule has 1 heterocycles. The van der Waals surface area contributed by atoms with E-state index in [1.165, 1.54) is 5.56 Å². The summed E-state index contributed by atoms with van der Waals surface area (Å²) in [4.78, 5) is 6.39. The lowest BCUT2D eigenvalue weighted by atomic mass is 10.1. The molecule has 2 aromatic rings. The molecule has 138 valence electrons. The minimum atomic E-state index is 0. The standard InChI is InChI=1S/C18H25ClN4O.HI/c1-20-18(21-11-10-14-6-8-15(19)9-7-14)22-13-16(23(2)3)17-5-4-12-24-17;/h4-9,12,16H,10-11,13H2,1-3H3,(H2,20,21,22);1H. The molecule has 0 bridgehead atoms. The molecular formula is C18H26ClIN4O. The van der Waals surface area contributed by atoms with E-state index < -0.39 is 0 Å². The summed E-state index contributed by atoms with van der Waals surface area (Å²) in [6.45, 7) is 1.51. The summed E-state index contributed by atoms with van der Waals surface area (Å²) >= 11 is 5.90. The van der Waals surface area contributed by atoms with Crippen LogP contribution in [0.5, 0.6) is 0 Å². The zero-order valence-corrected chi connectivity index (χ0v) is 17.9. The third kappa shape index (κ3) is 7.25. The van der Waals surface area contributed by atoms with Crippen molar-refractivity contribution in [1.82, 2.24) is 15.5 Å². The summed E-state index contributed by atoms with van der Waals surface area (Å²) in [7, 11) is 5.84. The Hall–Kier alpha value is -1.25. The first-order valence-electron chi connectivity index (χ1n) is 7.99. The van der Waals surface area contributed by atoms with E-state index in [0.717, 1.165) is 29.7 Å². The number of guanidine groups is 1. The van der Waals surface area contributed by atoms with Crippen LogP contribution in [0, 0.1) is 0 Å². The normalized spacial score (nSPS) is 12.6. The summed E-state index contributed by atoms with van der Waals surface area (Å²) in [5, 5.41) is 7.44. The second kappa shape index (κ2) is 11.4. The maximum absolute atomic E-state index is 5.90. The number of benzene rings is 1. The van der Waals surface area contributed by atoms with Gasteiger partial charge in [-0.2, -0.15) is 0 Å². The molecule has 5 nitrogen and oxygen atoms in total. The van der Waals surface area contributed by atoms with Crippen LogP contribution < -0.4 is 10.6 Å². The van der Waals surface area contributed by atoms with Crippen molar-refractivity contribution in [1.29, 1.82) is 0 Å². The molecule has 0 aliphatic carbocycles. The molecule has 0 fully saturated rings. The average Bonchev–Trinajstić information content (AvgIpc) is 3.09. The van der Waals surface area contributed by atoms with Gasteiger partial charge in [0.2, 0.25) is 0 Å². The molecule has 1 unspecified atom stereocenters. The molecule has 0 amide bonds. The molecule has 1 aromatic heterocycles. The van der Waals surface area contributed by atoms with Gasteiger partial charge in [0.25, 0.3) is 0 Å². The third-order valence-corrected chi connectivity index (χ3v) is 4.05. The Bertz CT molecular complexity index is 629. The van der Waals surface area contributed by atoms with E-state index in [0.29, 0.717) is 6.54 Å². The molecule has 0 saturated carbocycles. The first kappa shape index (κ1) is 21.8. The Morgan fingerprint density at radius 2 is 1.92 bits per heavy atom. The number of hydrogen-bond acceptors (Lipinski definition) is 3. The second-order valence-corrected chi connectivity index (χ2v) is 6.19. The van der Waals surface area contributed by atoms with Gasteiger partial charge in [0, 0.05) is 25.2 Å². The molecule has 0 saturated heterocycles. The average molecular weight is 477 g/mol. The molecule has 2 N–H and O–H groups in total. The molecule has 1 aromatic carbocycles. The zero-order valence-electron chi connectivity index (χ0n) is 14.8. The fourth-order valence-electron chi connectivity index (χ4n) is 2.41. The van der Waals surface area contributed by atoms with Crippen LogP contribution in [-0.2, 0) is 6.42 Å². The highest BCUT2D eigenvalue weighted by Crippen LogP contribution is 2.17. The van der Waals surface area contributed by atoms with E-state index in [2.05, 4.69) is 20.5 Å². The van der Waals surface area contributed by atoms with Crippen LogP contribution in [0.1, 0.15) is 17.4 Å². The van der Waals surface area contributed by atoms with Gasteiger partial charge in [-0.3, -0.25) is 9.89 Å². The first-order chi connectivity index (χ1) is 11.6. The van der Waals surface area contributed by atoms with E-state index in [4.69, 9.17) is 16.0 Å². The number of furan rings is 1. The molecule has 1 atom stereocenters. The largest absolute Gasteiger partial charge is 0.468 e. The quantitative estimate of drug-likeness (QED) is 0.364. The van der Waals surface area contributed by atoms with Crippen molar-refractivity contribution in [3.05, 3.63) is 59.0 Å². The fourth-order valence-corrected chi connectivity index (χ4v) is 2.53. The smallest absolute Gasteiger partial charge is 0.191 e. The van der Waals surface area contributed by atoms with Gasteiger partial charge in [-0.25, -0.2) is 0 Å². The molecule has 7 heteroatoms. The topological polar surface area (TPSA) is 52.8 Å². The van der Waals surface area contributed by atoms with Gasteiger partial charge < -0.3 is 15.1 Å². The molecule has 0 radical (unpaired) electrons. The number of halogens is 2. The van der Waals surface area contributed by atoms with E-state index in [-0.39, 0.29) is 30.0 Å². The monoisotopic (exact) mass is 476 g/mol. The molecular weight excluding hydrogens is 451 g/mol.